The molecule has 2 rings (SSSR count). The summed E-state index contributed by atoms with van der Waals surface area (Å²) in [5, 5.41) is 8.70. The first kappa shape index (κ1) is 12.0. The maximum atomic E-state index is 8.70. The van der Waals surface area contributed by atoms with E-state index in [4.69, 9.17) is 5.26 Å². The third kappa shape index (κ3) is 3.03. The van der Waals surface area contributed by atoms with Crippen LogP contribution < -0.4 is 0 Å². The minimum Gasteiger partial charge on any atom is -0.240 e. The normalized spacial score (nSPS) is 24.2. The van der Waals surface area contributed by atoms with Gasteiger partial charge in [0.15, 0.2) is 0 Å². The van der Waals surface area contributed by atoms with Gasteiger partial charge in [-0.3, -0.25) is 0 Å². The molecule has 0 amide bonds. The Morgan fingerprint density at radius 3 is 2.41 bits per heavy atom. The van der Waals surface area contributed by atoms with E-state index in [2.05, 4.69) is 23.0 Å². The van der Waals surface area contributed by atoms with Crippen molar-refractivity contribution in [1.82, 2.24) is 9.97 Å². The van der Waals surface area contributed by atoms with Crippen molar-refractivity contribution >= 4 is 0 Å². The molecule has 1 fully saturated rings. The van der Waals surface area contributed by atoms with Crippen molar-refractivity contribution in [2.24, 2.45) is 5.92 Å². The topological polar surface area (TPSA) is 49.6 Å². The summed E-state index contributed by atoms with van der Waals surface area (Å²) < 4.78 is 0. The van der Waals surface area contributed by atoms with E-state index in [9.17, 15) is 0 Å². The SMILES string of the molecule is CCC[C@H]1CC[C@H](c2ncc(C#N)cn2)CC1. The van der Waals surface area contributed by atoms with Crippen LogP contribution in [0.2, 0.25) is 0 Å². The molecule has 0 aliphatic heterocycles. The Hall–Kier alpha value is -1.43. The van der Waals surface area contributed by atoms with Crippen LogP contribution in [0.4, 0.5) is 0 Å². The van der Waals surface area contributed by atoms with Crippen LogP contribution in [0.1, 0.15) is 62.8 Å². The molecule has 0 spiro atoms. The Morgan fingerprint density at radius 1 is 1.24 bits per heavy atom. The molecule has 1 saturated carbocycles. The van der Waals surface area contributed by atoms with Gasteiger partial charge in [-0.25, -0.2) is 9.97 Å². The van der Waals surface area contributed by atoms with E-state index < -0.39 is 0 Å². The highest BCUT2D eigenvalue weighted by atomic mass is 14.9. The molecule has 1 heterocycles. The van der Waals surface area contributed by atoms with Gasteiger partial charge in [0.05, 0.1) is 5.56 Å². The average Bonchev–Trinajstić information content (AvgIpc) is 2.40. The first-order chi connectivity index (χ1) is 8.33. The summed E-state index contributed by atoms with van der Waals surface area (Å²) in [7, 11) is 0. The molecular weight excluding hydrogens is 210 g/mol. The van der Waals surface area contributed by atoms with E-state index in [1.54, 1.807) is 12.4 Å². The molecule has 90 valence electrons. The average molecular weight is 229 g/mol. The van der Waals surface area contributed by atoms with E-state index in [1.165, 1.54) is 38.5 Å². The van der Waals surface area contributed by atoms with Crippen LogP contribution in [-0.4, -0.2) is 9.97 Å². The Kier molecular flexibility index (Phi) is 4.08. The highest BCUT2D eigenvalue weighted by Gasteiger charge is 2.23. The molecule has 3 nitrogen and oxygen atoms in total. The minimum atomic E-state index is 0.510. The zero-order valence-corrected chi connectivity index (χ0v) is 10.4. The maximum absolute atomic E-state index is 8.70. The van der Waals surface area contributed by atoms with Gasteiger partial charge >= 0.3 is 0 Å². The lowest BCUT2D eigenvalue weighted by atomic mass is 9.80. The quantitative estimate of drug-likeness (QED) is 0.798. The fraction of sp³-hybridized carbons (Fsp3) is 0.643. The van der Waals surface area contributed by atoms with Crippen molar-refractivity contribution in [3.63, 3.8) is 0 Å². The minimum absolute atomic E-state index is 0.510. The predicted molar refractivity (Wildman–Crippen MR) is 66.4 cm³/mol. The standard InChI is InChI=1S/C14H19N3/c1-2-3-11-4-6-13(7-5-11)14-16-9-12(8-15)10-17-14/h9-11,13H,2-7H2,1H3/t11-,13-. The largest absolute Gasteiger partial charge is 0.240 e. The van der Waals surface area contributed by atoms with Crippen LogP contribution in [0.15, 0.2) is 12.4 Å². The summed E-state index contributed by atoms with van der Waals surface area (Å²) in [5.74, 6) is 2.35. The number of aromatic nitrogens is 2. The van der Waals surface area contributed by atoms with E-state index in [-0.39, 0.29) is 0 Å². The van der Waals surface area contributed by atoms with Crippen LogP contribution in [0.25, 0.3) is 0 Å². The van der Waals surface area contributed by atoms with Crippen molar-refractivity contribution in [2.45, 2.75) is 51.4 Å². The first-order valence-electron chi connectivity index (χ1n) is 6.55. The lowest BCUT2D eigenvalue weighted by molar-refractivity contribution is 0.302. The second kappa shape index (κ2) is 5.77. The summed E-state index contributed by atoms with van der Waals surface area (Å²) in [6.45, 7) is 2.26. The molecule has 3 heteroatoms. The summed E-state index contributed by atoms with van der Waals surface area (Å²) in [6.07, 6.45) is 11.0. The van der Waals surface area contributed by atoms with E-state index >= 15 is 0 Å². The first-order valence-corrected chi connectivity index (χ1v) is 6.55. The molecule has 1 aliphatic carbocycles. The number of rotatable bonds is 3. The van der Waals surface area contributed by atoms with E-state index in [1.807, 2.05) is 0 Å². The lowest BCUT2D eigenvalue weighted by Crippen LogP contribution is -2.15. The number of nitriles is 1. The second-order valence-corrected chi connectivity index (χ2v) is 4.95. The number of hydrogen-bond acceptors (Lipinski definition) is 3. The van der Waals surface area contributed by atoms with Crippen LogP contribution in [0, 0.1) is 17.2 Å². The van der Waals surface area contributed by atoms with Crippen molar-refractivity contribution < 1.29 is 0 Å². The smallest absolute Gasteiger partial charge is 0.131 e. The maximum Gasteiger partial charge on any atom is 0.131 e. The third-order valence-corrected chi connectivity index (χ3v) is 3.71. The Bertz CT molecular complexity index is 383. The molecule has 0 N–H and O–H groups in total. The molecule has 0 aromatic carbocycles. The Balaban J connectivity index is 1.94. The predicted octanol–water partition coefficient (Wildman–Crippen LogP) is 3.42. The van der Waals surface area contributed by atoms with Crippen LogP contribution in [-0.2, 0) is 0 Å². The van der Waals surface area contributed by atoms with Gasteiger partial charge in [0, 0.05) is 18.3 Å². The van der Waals surface area contributed by atoms with Gasteiger partial charge in [-0.05, 0) is 31.6 Å². The molecule has 0 bridgehead atoms. The molecule has 0 radical (unpaired) electrons. The van der Waals surface area contributed by atoms with Crippen LogP contribution in [0.5, 0.6) is 0 Å². The Morgan fingerprint density at radius 2 is 1.88 bits per heavy atom. The molecule has 1 aromatic rings. The summed E-state index contributed by atoms with van der Waals surface area (Å²) in [5.41, 5.74) is 0.549. The second-order valence-electron chi connectivity index (χ2n) is 4.95. The summed E-state index contributed by atoms with van der Waals surface area (Å²) >= 11 is 0. The zero-order chi connectivity index (χ0) is 12.1. The van der Waals surface area contributed by atoms with Gasteiger partial charge in [-0.1, -0.05) is 19.8 Å². The van der Waals surface area contributed by atoms with Gasteiger partial charge < -0.3 is 0 Å². The van der Waals surface area contributed by atoms with Crippen molar-refractivity contribution in [2.75, 3.05) is 0 Å². The van der Waals surface area contributed by atoms with Gasteiger partial charge in [0.1, 0.15) is 11.9 Å². The van der Waals surface area contributed by atoms with Gasteiger partial charge in [0.25, 0.3) is 0 Å². The molecular formula is C14H19N3. The fourth-order valence-corrected chi connectivity index (χ4v) is 2.72. The third-order valence-electron chi connectivity index (χ3n) is 3.71. The highest BCUT2D eigenvalue weighted by molar-refractivity contribution is 5.22. The summed E-state index contributed by atoms with van der Waals surface area (Å²) in [4.78, 5) is 8.62. The van der Waals surface area contributed by atoms with Crippen molar-refractivity contribution in [1.29, 1.82) is 5.26 Å². The van der Waals surface area contributed by atoms with Crippen molar-refractivity contribution in [3.05, 3.63) is 23.8 Å². The molecule has 0 saturated heterocycles. The van der Waals surface area contributed by atoms with E-state index in [0.29, 0.717) is 11.5 Å². The van der Waals surface area contributed by atoms with Gasteiger partial charge in [0.2, 0.25) is 0 Å². The number of nitrogens with zero attached hydrogens (tertiary/aromatic N) is 3. The van der Waals surface area contributed by atoms with Gasteiger partial charge in [-0.2, -0.15) is 5.26 Å². The molecule has 17 heavy (non-hydrogen) atoms. The van der Waals surface area contributed by atoms with Gasteiger partial charge in [-0.15, -0.1) is 0 Å². The molecule has 0 unspecified atom stereocenters. The molecule has 1 aromatic heterocycles. The number of hydrogen-bond donors (Lipinski definition) is 0. The van der Waals surface area contributed by atoms with Crippen LogP contribution in [0.3, 0.4) is 0 Å². The van der Waals surface area contributed by atoms with E-state index in [0.717, 1.165) is 11.7 Å². The highest BCUT2D eigenvalue weighted by Crippen LogP contribution is 2.35. The molecule has 1 aliphatic rings. The Labute approximate surface area is 103 Å². The van der Waals surface area contributed by atoms with Crippen molar-refractivity contribution in [3.8, 4) is 6.07 Å². The van der Waals surface area contributed by atoms with Crippen LogP contribution >= 0.6 is 0 Å². The molecule has 0 atom stereocenters. The zero-order valence-electron chi connectivity index (χ0n) is 10.4. The fourth-order valence-electron chi connectivity index (χ4n) is 2.72. The monoisotopic (exact) mass is 229 g/mol. The summed E-state index contributed by atoms with van der Waals surface area (Å²) in [6, 6.07) is 2.06. The lowest BCUT2D eigenvalue weighted by Gasteiger charge is -2.27.